The normalized spacial score (nSPS) is 11.5. The third-order valence-corrected chi connectivity index (χ3v) is 9.82. The molecule has 0 saturated carbocycles. The van der Waals surface area contributed by atoms with E-state index in [-0.39, 0.29) is 44.6 Å². The number of aromatic hydroxyl groups is 2. The van der Waals surface area contributed by atoms with E-state index in [2.05, 4.69) is 21.3 Å². The maximum absolute atomic E-state index is 12.9. The molecule has 0 unspecified atom stereocenters. The van der Waals surface area contributed by atoms with Crippen LogP contribution in [0.4, 0.5) is 22.7 Å². The van der Waals surface area contributed by atoms with Crippen molar-refractivity contribution in [3.05, 3.63) is 120 Å². The van der Waals surface area contributed by atoms with Crippen LogP contribution in [0.2, 0.25) is 0 Å². The first-order valence-corrected chi connectivity index (χ1v) is 18.3. The average molecular weight is 771 g/mol. The largest absolute Gasteiger partial charge is 0.505 e. The van der Waals surface area contributed by atoms with Crippen LogP contribution >= 0.6 is 0 Å². The monoisotopic (exact) mass is 770 g/mol. The molecule has 0 fully saturated rings. The summed E-state index contributed by atoms with van der Waals surface area (Å²) in [7, 11) is -9.38. The van der Waals surface area contributed by atoms with Gasteiger partial charge >= 0.3 is 11.8 Å². The maximum Gasteiger partial charge on any atom is 0.314 e. The lowest BCUT2D eigenvalue weighted by molar-refractivity contribution is -0.132. The summed E-state index contributed by atoms with van der Waals surface area (Å²) in [5.41, 5.74) is 0.168. The van der Waals surface area contributed by atoms with Crippen LogP contribution in [-0.2, 0) is 29.8 Å². The number of nitrogens with one attached hydrogen (secondary N) is 4. The third-order valence-electron chi connectivity index (χ3n) is 8.03. The Balaban J connectivity index is 1.06. The predicted molar refractivity (Wildman–Crippen MR) is 197 cm³/mol. The van der Waals surface area contributed by atoms with Gasteiger partial charge < -0.3 is 31.5 Å². The molecule has 18 heteroatoms. The van der Waals surface area contributed by atoms with E-state index in [4.69, 9.17) is 0 Å². The summed E-state index contributed by atoms with van der Waals surface area (Å²) < 4.78 is 66.4. The van der Waals surface area contributed by atoms with E-state index in [0.717, 1.165) is 12.1 Å². The lowest BCUT2D eigenvalue weighted by Gasteiger charge is -2.12. The van der Waals surface area contributed by atoms with E-state index in [1.807, 2.05) is 0 Å². The van der Waals surface area contributed by atoms with Gasteiger partial charge in [0.2, 0.25) is 0 Å². The molecule has 0 saturated heterocycles. The number of amides is 4. The van der Waals surface area contributed by atoms with Gasteiger partial charge in [-0.3, -0.25) is 28.3 Å². The van der Waals surface area contributed by atoms with Crippen molar-refractivity contribution >= 4 is 88.2 Å². The number of fused-ring (bicyclic) bond motifs is 2. The summed E-state index contributed by atoms with van der Waals surface area (Å²) >= 11 is 0. The summed E-state index contributed by atoms with van der Waals surface area (Å²) in [5, 5.41) is 31.3. The molecule has 8 N–H and O–H groups in total. The Labute approximate surface area is 305 Å². The molecule has 0 bridgehead atoms. The summed E-state index contributed by atoms with van der Waals surface area (Å²) in [6.07, 6.45) is 0. The molecule has 0 radical (unpaired) electrons. The zero-order chi connectivity index (χ0) is 38.9. The summed E-state index contributed by atoms with van der Waals surface area (Å²) in [5.74, 6) is -4.71. The first kappa shape index (κ1) is 36.9. The minimum absolute atomic E-state index is 0.0721. The van der Waals surface area contributed by atoms with Crippen LogP contribution < -0.4 is 21.3 Å². The van der Waals surface area contributed by atoms with Crippen molar-refractivity contribution in [1.29, 1.82) is 0 Å². The van der Waals surface area contributed by atoms with Gasteiger partial charge in [0.05, 0.1) is 11.4 Å². The van der Waals surface area contributed by atoms with E-state index in [9.17, 15) is 55.3 Å². The Morgan fingerprint density at radius 1 is 0.444 bits per heavy atom. The van der Waals surface area contributed by atoms with Gasteiger partial charge in [0, 0.05) is 33.3 Å². The second-order valence-corrected chi connectivity index (χ2v) is 14.3. The Kier molecular flexibility index (Phi) is 9.76. The Hall–Kier alpha value is -6.86. The van der Waals surface area contributed by atoms with Crippen molar-refractivity contribution < 1.29 is 55.3 Å². The predicted octanol–water partition coefficient (Wildman–Crippen LogP) is 4.98. The molecular weight excluding hydrogens is 745 g/mol. The lowest BCUT2D eigenvalue weighted by atomic mass is 10.1. The van der Waals surface area contributed by atoms with E-state index in [1.165, 1.54) is 97.1 Å². The van der Waals surface area contributed by atoms with Gasteiger partial charge in [-0.25, -0.2) is 0 Å². The molecule has 16 nitrogen and oxygen atoms in total. The maximum atomic E-state index is 12.9. The van der Waals surface area contributed by atoms with Crippen LogP contribution in [0.5, 0.6) is 11.5 Å². The fourth-order valence-corrected chi connectivity index (χ4v) is 6.91. The second kappa shape index (κ2) is 14.3. The minimum Gasteiger partial charge on any atom is -0.505 e. The fourth-order valence-electron chi connectivity index (χ4n) is 5.46. The van der Waals surface area contributed by atoms with Crippen LogP contribution in [0.25, 0.3) is 21.5 Å². The molecule has 0 heterocycles. The number of hydrogen-bond acceptors (Lipinski definition) is 10. The highest BCUT2D eigenvalue weighted by Crippen LogP contribution is 2.38. The second-order valence-electron chi connectivity index (χ2n) is 11.6. The molecule has 6 aromatic carbocycles. The zero-order valence-corrected chi connectivity index (χ0v) is 28.9. The number of anilines is 4. The molecule has 54 heavy (non-hydrogen) atoms. The van der Waals surface area contributed by atoms with Gasteiger partial charge in [-0.15, -0.1) is 0 Å². The molecule has 0 atom stereocenters. The number of carbonyl (C=O) groups is 4. The lowest BCUT2D eigenvalue weighted by Crippen LogP contribution is -2.29. The molecule has 0 aromatic heterocycles. The number of rotatable bonds is 8. The molecule has 0 spiro atoms. The summed E-state index contributed by atoms with van der Waals surface area (Å²) in [4.78, 5) is 49.8. The van der Waals surface area contributed by atoms with Gasteiger partial charge in [-0.05, 0) is 83.6 Å². The number of benzene rings is 6. The van der Waals surface area contributed by atoms with Crippen molar-refractivity contribution in [2.75, 3.05) is 21.3 Å². The van der Waals surface area contributed by atoms with Crippen molar-refractivity contribution in [3.63, 3.8) is 0 Å². The van der Waals surface area contributed by atoms with E-state index < -0.39 is 65.2 Å². The first-order valence-electron chi connectivity index (χ1n) is 15.4. The van der Waals surface area contributed by atoms with Crippen LogP contribution in [-0.4, -0.2) is 59.8 Å². The van der Waals surface area contributed by atoms with Gasteiger partial charge in [-0.1, -0.05) is 36.4 Å². The van der Waals surface area contributed by atoms with Crippen molar-refractivity contribution in [2.45, 2.75) is 9.79 Å². The molecule has 6 aromatic rings. The van der Waals surface area contributed by atoms with E-state index in [0.29, 0.717) is 10.8 Å². The highest BCUT2D eigenvalue weighted by atomic mass is 32.2. The van der Waals surface area contributed by atoms with Crippen molar-refractivity contribution in [2.24, 2.45) is 0 Å². The molecule has 0 aliphatic carbocycles. The molecule has 274 valence electrons. The molecule has 0 aliphatic rings. The van der Waals surface area contributed by atoms with E-state index >= 15 is 0 Å². The average Bonchev–Trinajstić information content (AvgIpc) is 3.13. The van der Waals surface area contributed by atoms with Crippen molar-refractivity contribution in [3.8, 4) is 11.5 Å². The SMILES string of the molecule is O=C(Nc1ccc(C(=O)Nc2ccc3cccc(S(=O)(=O)O)c3c2O)cc1)C(=O)Nc1ccc(C(=O)Nc2ccc3cccc(S(=O)(=O)O)c3c2O)cc1. The highest BCUT2D eigenvalue weighted by molar-refractivity contribution is 7.86. The molecular formula is C36H26N4O12S2. The van der Waals surface area contributed by atoms with Crippen molar-refractivity contribution in [1.82, 2.24) is 0 Å². The van der Waals surface area contributed by atoms with Gasteiger partial charge in [0.15, 0.2) is 0 Å². The fraction of sp³-hybridized carbons (Fsp3) is 0. The number of phenolic OH excluding ortho intramolecular Hbond substituents is 2. The van der Waals surface area contributed by atoms with Crippen LogP contribution in [0.1, 0.15) is 20.7 Å². The Morgan fingerprint density at radius 3 is 1.13 bits per heavy atom. The Bertz CT molecular complexity index is 2560. The van der Waals surface area contributed by atoms with E-state index in [1.54, 1.807) is 0 Å². The molecule has 0 aliphatic heterocycles. The third kappa shape index (κ3) is 7.66. The first-order chi connectivity index (χ1) is 25.5. The Morgan fingerprint density at radius 2 is 0.796 bits per heavy atom. The zero-order valence-electron chi connectivity index (χ0n) is 27.3. The number of phenols is 2. The van der Waals surface area contributed by atoms with Crippen LogP contribution in [0.3, 0.4) is 0 Å². The number of carbonyl (C=O) groups excluding carboxylic acids is 4. The van der Waals surface area contributed by atoms with Gasteiger partial charge in [0.1, 0.15) is 21.3 Å². The molecule has 6 rings (SSSR count). The quantitative estimate of drug-likeness (QED) is 0.0579. The van der Waals surface area contributed by atoms with Gasteiger partial charge in [0.25, 0.3) is 32.1 Å². The van der Waals surface area contributed by atoms with Crippen LogP contribution in [0, 0.1) is 0 Å². The minimum atomic E-state index is -4.69. The molecule has 4 amide bonds. The topological polar surface area (TPSA) is 266 Å². The smallest absolute Gasteiger partial charge is 0.314 e. The van der Waals surface area contributed by atoms with Crippen LogP contribution in [0.15, 0.2) is 119 Å². The highest BCUT2D eigenvalue weighted by Gasteiger charge is 2.22. The van der Waals surface area contributed by atoms with Gasteiger partial charge in [-0.2, -0.15) is 16.8 Å². The number of hydrogen-bond donors (Lipinski definition) is 8. The standard InChI is InChI=1S/C36H26N4O12S2/c41-31-25(17-11-19-3-1-5-27(29(19)31)53(47,48)49)39-33(43)21-7-13-23(14-8-21)37-35(45)36(46)38-24-15-9-22(10-16-24)34(44)40-26-18-12-20-4-2-6-28(54(50,51)52)30(20)32(26)42/h1-18,41-42H,(H,37,45)(H,38,46)(H,39,43)(H,40,44)(H,47,48,49)(H,50,51,52). The summed E-state index contributed by atoms with van der Waals surface area (Å²) in [6.45, 7) is 0. The summed E-state index contributed by atoms with van der Waals surface area (Å²) in [6, 6.07) is 24.2.